The lowest BCUT2D eigenvalue weighted by molar-refractivity contribution is -0.384. The van der Waals surface area contributed by atoms with Crippen LogP contribution in [-0.2, 0) is 25.6 Å². The Morgan fingerprint density at radius 2 is 1.60 bits per heavy atom. The van der Waals surface area contributed by atoms with Crippen LogP contribution in [0.1, 0.15) is 70.4 Å². The van der Waals surface area contributed by atoms with E-state index in [4.69, 9.17) is 9.47 Å². The van der Waals surface area contributed by atoms with Crippen LogP contribution >= 0.6 is 0 Å². The van der Waals surface area contributed by atoms with Gasteiger partial charge in [0.05, 0.1) is 35.7 Å². The van der Waals surface area contributed by atoms with Gasteiger partial charge in [0.25, 0.3) is 5.69 Å². The number of hydrogen-bond acceptors (Lipinski definition) is 8. The Morgan fingerprint density at radius 1 is 0.976 bits per heavy atom. The minimum atomic E-state index is -0.877. The molecule has 1 aliphatic heterocycles. The van der Waals surface area contributed by atoms with Crippen molar-refractivity contribution in [2.75, 3.05) is 27.3 Å². The maximum absolute atomic E-state index is 14.0. The third-order valence-corrected chi connectivity index (χ3v) is 7.16. The predicted molar refractivity (Wildman–Crippen MR) is 162 cm³/mol. The molecule has 1 atom stereocenters. The molecule has 0 radical (unpaired) electrons. The highest BCUT2D eigenvalue weighted by Crippen LogP contribution is 2.42. The molecule has 0 amide bonds. The first-order valence-electron chi connectivity index (χ1n) is 14.5. The Labute approximate surface area is 248 Å². The quantitative estimate of drug-likeness (QED) is 0.159. The first kappa shape index (κ1) is 32.5. The van der Waals surface area contributed by atoms with E-state index in [0.717, 1.165) is 19.4 Å². The lowest BCUT2D eigenvalue weighted by Crippen LogP contribution is -2.37. The Morgan fingerprint density at radius 3 is 2.17 bits per heavy atom. The fraction of sp³-hybridized carbons (Fsp3) is 0.455. The largest absolute Gasteiger partial charge is 0.466 e. The van der Waals surface area contributed by atoms with Gasteiger partial charge in [-0.1, -0.05) is 83.0 Å². The van der Waals surface area contributed by atoms with Gasteiger partial charge in [0, 0.05) is 42.0 Å². The summed E-state index contributed by atoms with van der Waals surface area (Å²) in [5.74, 6) is -2.03. The number of esters is 2. The second-order valence-electron chi connectivity index (χ2n) is 11.6. The Bertz CT molecular complexity index is 1330. The van der Waals surface area contributed by atoms with Crippen molar-refractivity contribution >= 4 is 17.6 Å². The van der Waals surface area contributed by atoms with Crippen molar-refractivity contribution in [3.8, 4) is 0 Å². The number of dihydropyridines is 1. The summed E-state index contributed by atoms with van der Waals surface area (Å²) in [6.45, 7) is 9.67. The van der Waals surface area contributed by atoms with Gasteiger partial charge in [-0.3, -0.25) is 10.1 Å². The van der Waals surface area contributed by atoms with Crippen LogP contribution in [0.2, 0.25) is 0 Å². The van der Waals surface area contributed by atoms with E-state index in [0.29, 0.717) is 36.3 Å². The van der Waals surface area contributed by atoms with Gasteiger partial charge in [-0.15, -0.1) is 0 Å². The van der Waals surface area contributed by atoms with Crippen LogP contribution < -0.4 is 5.32 Å². The van der Waals surface area contributed by atoms with Gasteiger partial charge in [-0.05, 0) is 31.0 Å². The Kier molecular flexibility index (Phi) is 11.4. The summed E-state index contributed by atoms with van der Waals surface area (Å²) >= 11 is 0. The van der Waals surface area contributed by atoms with Crippen LogP contribution in [0.25, 0.3) is 0 Å². The smallest absolute Gasteiger partial charge is 0.336 e. The highest BCUT2D eigenvalue weighted by atomic mass is 16.6. The van der Waals surface area contributed by atoms with E-state index in [-0.39, 0.29) is 28.9 Å². The summed E-state index contributed by atoms with van der Waals surface area (Å²) in [5.41, 5.74) is 3.03. The molecule has 1 unspecified atom stereocenters. The molecule has 0 aliphatic carbocycles. The maximum Gasteiger partial charge on any atom is 0.336 e. The molecular formula is C33H43N3O6. The lowest BCUT2D eigenvalue weighted by atomic mass is 9.78. The zero-order chi connectivity index (χ0) is 30.9. The van der Waals surface area contributed by atoms with Gasteiger partial charge in [0.15, 0.2) is 0 Å². The van der Waals surface area contributed by atoms with E-state index < -0.39 is 22.8 Å². The maximum atomic E-state index is 14.0. The molecule has 0 saturated carbocycles. The normalized spacial score (nSPS) is 15.5. The SMILES string of the molecule is CCCC1=C(C(=O)OC)C(c2cccc([N+](=O)[O-])c2)C(C(=O)OCC(C)(C)CN(C)Cc2ccccc2)=C(CCC)N1. The molecule has 0 saturated heterocycles. The van der Waals surface area contributed by atoms with Crippen molar-refractivity contribution in [1.82, 2.24) is 10.2 Å². The number of non-ortho nitro benzene ring substituents is 1. The molecule has 2 aromatic carbocycles. The Balaban J connectivity index is 1.98. The van der Waals surface area contributed by atoms with E-state index in [2.05, 4.69) is 22.3 Å². The number of nitro groups is 1. The first-order chi connectivity index (χ1) is 20.0. The molecule has 1 heterocycles. The number of rotatable bonds is 14. The molecule has 2 aromatic rings. The second-order valence-corrected chi connectivity index (χ2v) is 11.6. The van der Waals surface area contributed by atoms with Crippen LogP contribution in [0.3, 0.4) is 0 Å². The summed E-state index contributed by atoms with van der Waals surface area (Å²) in [7, 11) is 3.33. The van der Waals surface area contributed by atoms with E-state index in [1.807, 2.05) is 52.9 Å². The van der Waals surface area contributed by atoms with Gasteiger partial charge in [0.2, 0.25) is 0 Å². The molecule has 226 valence electrons. The number of ether oxygens (including phenoxy) is 2. The third kappa shape index (κ3) is 8.28. The predicted octanol–water partition coefficient (Wildman–Crippen LogP) is 6.26. The van der Waals surface area contributed by atoms with Crippen LogP contribution in [0.15, 0.2) is 77.1 Å². The van der Waals surface area contributed by atoms with Crippen molar-refractivity contribution in [3.63, 3.8) is 0 Å². The van der Waals surface area contributed by atoms with Crippen LogP contribution in [0.5, 0.6) is 0 Å². The number of nitrogens with one attached hydrogen (secondary N) is 1. The number of hydrogen-bond donors (Lipinski definition) is 1. The summed E-state index contributed by atoms with van der Waals surface area (Å²) in [5, 5.41) is 15.0. The molecule has 1 N–H and O–H groups in total. The summed E-state index contributed by atoms with van der Waals surface area (Å²) in [4.78, 5) is 40.6. The minimum absolute atomic E-state index is 0.125. The zero-order valence-electron chi connectivity index (χ0n) is 25.6. The topological polar surface area (TPSA) is 111 Å². The monoisotopic (exact) mass is 577 g/mol. The molecule has 1 aliphatic rings. The molecular weight excluding hydrogens is 534 g/mol. The molecule has 42 heavy (non-hydrogen) atoms. The van der Waals surface area contributed by atoms with Crippen LogP contribution in [0, 0.1) is 15.5 Å². The molecule has 0 fully saturated rings. The molecule has 9 heteroatoms. The number of carbonyl (C=O) groups excluding carboxylic acids is 2. The van der Waals surface area contributed by atoms with Crippen molar-refractivity contribution in [2.45, 2.75) is 65.8 Å². The van der Waals surface area contributed by atoms with Crippen molar-refractivity contribution in [3.05, 3.63) is 98.4 Å². The summed E-state index contributed by atoms with van der Waals surface area (Å²) < 4.78 is 11.2. The Hall–Kier alpha value is -3.98. The molecule has 3 rings (SSSR count). The number of methoxy groups -OCH3 is 1. The molecule has 0 aromatic heterocycles. The number of allylic oxidation sites excluding steroid dienone is 2. The average Bonchev–Trinajstić information content (AvgIpc) is 2.96. The fourth-order valence-corrected chi connectivity index (χ4v) is 5.51. The second kappa shape index (κ2) is 14.8. The highest BCUT2D eigenvalue weighted by Gasteiger charge is 2.40. The van der Waals surface area contributed by atoms with E-state index >= 15 is 0 Å². The van der Waals surface area contributed by atoms with E-state index in [1.54, 1.807) is 12.1 Å². The number of nitrogens with zero attached hydrogens (tertiary/aromatic N) is 2. The van der Waals surface area contributed by atoms with Gasteiger partial charge in [-0.2, -0.15) is 0 Å². The van der Waals surface area contributed by atoms with Crippen molar-refractivity contribution < 1.29 is 24.0 Å². The highest BCUT2D eigenvalue weighted by molar-refractivity contribution is 6.00. The zero-order valence-corrected chi connectivity index (χ0v) is 25.6. The molecule has 0 bridgehead atoms. The van der Waals surface area contributed by atoms with E-state index in [1.165, 1.54) is 24.8 Å². The molecule has 9 nitrogen and oxygen atoms in total. The van der Waals surface area contributed by atoms with Crippen LogP contribution in [0.4, 0.5) is 5.69 Å². The van der Waals surface area contributed by atoms with Gasteiger partial charge in [-0.25, -0.2) is 9.59 Å². The fourth-order valence-electron chi connectivity index (χ4n) is 5.51. The standard InChI is InChI=1S/C33H43N3O6/c1-7-13-26-29(31(37)41-6)28(24-17-12-18-25(19-24)36(39)40)30(27(34-26)14-8-2)32(38)42-22-33(3,4)21-35(5)20-23-15-10-9-11-16-23/h9-12,15-19,28,34H,7-8,13-14,20-22H2,1-6H3. The minimum Gasteiger partial charge on any atom is -0.466 e. The number of benzene rings is 2. The van der Waals surface area contributed by atoms with Crippen molar-refractivity contribution in [1.29, 1.82) is 0 Å². The third-order valence-electron chi connectivity index (χ3n) is 7.16. The number of carbonyl (C=O) groups is 2. The lowest BCUT2D eigenvalue weighted by Gasteiger charge is -2.34. The summed E-state index contributed by atoms with van der Waals surface area (Å²) in [6.07, 6.45) is 2.57. The first-order valence-corrected chi connectivity index (χ1v) is 14.5. The van der Waals surface area contributed by atoms with Crippen LogP contribution in [-0.4, -0.2) is 49.1 Å². The average molecular weight is 578 g/mol. The summed E-state index contributed by atoms with van der Waals surface area (Å²) in [6, 6.07) is 16.2. The van der Waals surface area contributed by atoms with Gasteiger partial charge < -0.3 is 19.7 Å². The van der Waals surface area contributed by atoms with Crippen molar-refractivity contribution in [2.24, 2.45) is 5.41 Å². The van der Waals surface area contributed by atoms with Gasteiger partial charge in [0.1, 0.15) is 0 Å². The van der Waals surface area contributed by atoms with Gasteiger partial charge >= 0.3 is 11.9 Å². The van der Waals surface area contributed by atoms with E-state index in [9.17, 15) is 19.7 Å². The molecule has 0 spiro atoms. The number of nitro benzene ring substituents is 1.